The van der Waals surface area contributed by atoms with E-state index in [4.69, 9.17) is 0 Å². The maximum atomic E-state index is 12.1. The summed E-state index contributed by atoms with van der Waals surface area (Å²) in [7, 11) is 0. The number of aromatic nitrogens is 2. The van der Waals surface area contributed by atoms with Crippen molar-refractivity contribution in [1.82, 2.24) is 15.3 Å². The second-order valence-corrected chi connectivity index (χ2v) is 5.74. The van der Waals surface area contributed by atoms with Crippen LogP contribution in [0.5, 0.6) is 0 Å². The van der Waals surface area contributed by atoms with Gasteiger partial charge in [0.1, 0.15) is 11.9 Å². The molecular formula is C18H18N4O3. The fourth-order valence-corrected chi connectivity index (χ4v) is 2.68. The minimum atomic E-state index is -0.447. The molecule has 1 heterocycles. The molecule has 1 atom stereocenters. The van der Waals surface area contributed by atoms with Gasteiger partial charge in [0.2, 0.25) is 5.91 Å². The van der Waals surface area contributed by atoms with Gasteiger partial charge in [0.15, 0.2) is 0 Å². The molecule has 7 nitrogen and oxygen atoms in total. The number of benzene rings is 2. The highest BCUT2D eigenvalue weighted by atomic mass is 16.6. The SMILES string of the molecule is CCCC(=O)NC(c1ccccc1)c1nc2ccc([N+](=O)[O-])cc2[nH]1. The zero-order valence-corrected chi connectivity index (χ0v) is 13.7. The number of nitro benzene ring substituents is 1. The van der Waals surface area contributed by atoms with E-state index in [-0.39, 0.29) is 11.6 Å². The highest BCUT2D eigenvalue weighted by molar-refractivity contribution is 5.79. The quantitative estimate of drug-likeness (QED) is 0.531. The van der Waals surface area contributed by atoms with Crippen LogP contribution in [-0.4, -0.2) is 20.8 Å². The number of hydrogen-bond donors (Lipinski definition) is 2. The van der Waals surface area contributed by atoms with Crippen molar-refractivity contribution >= 4 is 22.6 Å². The van der Waals surface area contributed by atoms with Crippen LogP contribution in [0.2, 0.25) is 0 Å². The molecule has 3 aromatic rings. The molecule has 0 aliphatic carbocycles. The summed E-state index contributed by atoms with van der Waals surface area (Å²) >= 11 is 0. The number of nitrogens with one attached hydrogen (secondary N) is 2. The summed E-state index contributed by atoms with van der Waals surface area (Å²) in [5, 5.41) is 13.9. The molecule has 7 heteroatoms. The van der Waals surface area contributed by atoms with Gasteiger partial charge in [-0.05, 0) is 18.1 Å². The van der Waals surface area contributed by atoms with Crippen molar-refractivity contribution in [2.24, 2.45) is 0 Å². The summed E-state index contributed by atoms with van der Waals surface area (Å²) in [6, 6.07) is 13.5. The first-order chi connectivity index (χ1) is 12.1. The Labute approximate surface area is 144 Å². The first kappa shape index (κ1) is 16.6. The van der Waals surface area contributed by atoms with Gasteiger partial charge in [-0.3, -0.25) is 14.9 Å². The Hall–Kier alpha value is -3.22. The van der Waals surface area contributed by atoms with E-state index < -0.39 is 11.0 Å². The molecule has 0 aliphatic heterocycles. The summed E-state index contributed by atoms with van der Waals surface area (Å²) in [6.45, 7) is 1.94. The van der Waals surface area contributed by atoms with Gasteiger partial charge in [0, 0.05) is 18.6 Å². The highest BCUT2D eigenvalue weighted by Gasteiger charge is 2.20. The maximum Gasteiger partial charge on any atom is 0.271 e. The number of rotatable bonds is 6. The second kappa shape index (κ2) is 7.12. The van der Waals surface area contributed by atoms with E-state index in [1.807, 2.05) is 37.3 Å². The third kappa shape index (κ3) is 3.65. The molecular weight excluding hydrogens is 320 g/mol. The number of imidazole rings is 1. The second-order valence-electron chi connectivity index (χ2n) is 5.74. The van der Waals surface area contributed by atoms with E-state index in [0.29, 0.717) is 23.3 Å². The average molecular weight is 338 g/mol. The van der Waals surface area contributed by atoms with Crippen molar-refractivity contribution < 1.29 is 9.72 Å². The highest BCUT2D eigenvalue weighted by Crippen LogP contribution is 2.25. The van der Waals surface area contributed by atoms with E-state index in [0.717, 1.165) is 12.0 Å². The molecule has 0 fully saturated rings. The van der Waals surface area contributed by atoms with E-state index in [1.54, 1.807) is 6.07 Å². The predicted molar refractivity (Wildman–Crippen MR) is 94.1 cm³/mol. The number of hydrogen-bond acceptors (Lipinski definition) is 4. The molecule has 1 aromatic heterocycles. The summed E-state index contributed by atoms with van der Waals surface area (Å²) in [5.41, 5.74) is 2.07. The van der Waals surface area contributed by atoms with Crippen LogP contribution in [0, 0.1) is 10.1 Å². The van der Waals surface area contributed by atoms with Crippen LogP contribution in [0.1, 0.15) is 37.2 Å². The molecule has 0 saturated heterocycles. The maximum absolute atomic E-state index is 12.1. The molecule has 1 unspecified atom stereocenters. The third-order valence-corrected chi connectivity index (χ3v) is 3.88. The van der Waals surface area contributed by atoms with E-state index in [1.165, 1.54) is 12.1 Å². The average Bonchev–Trinajstić information content (AvgIpc) is 3.03. The van der Waals surface area contributed by atoms with Crippen molar-refractivity contribution in [3.63, 3.8) is 0 Å². The Morgan fingerprint density at radius 1 is 1.28 bits per heavy atom. The lowest BCUT2D eigenvalue weighted by molar-refractivity contribution is -0.384. The van der Waals surface area contributed by atoms with Gasteiger partial charge in [-0.2, -0.15) is 0 Å². The zero-order valence-electron chi connectivity index (χ0n) is 13.7. The van der Waals surface area contributed by atoms with Crippen LogP contribution in [0.15, 0.2) is 48.5 Å². The van der Waals surface area contributed by atoms with Crippen LogP contribution in [0.4, 0.5) is 5.69 Å². The van der Waals surface area contributed by atoms with E-state index in [9.17, 15) is 14.9 Å². The lowest BCUT2D eigenvalue weighted by Gasteiger charge is -2.17. The van der Waals surface area contributed by atoms with Crippen LogP contribution in [0.3, 0.4) is 0 Å². The normalized spacial score (nSPS) is 12.0. The summed E-state index contributed by atoms with van der Waals surface area (Å²) in [5.74, 6) is 0.481. The van der Waals surface area contributed by atoms with E-state index in [2.05, 4.69) is 15.3 Å². The van der Waals surface area contributed by atoms with Crippen molar-refractivity contribution in [1.29, 1.82) is 0 Å². The van der Waals surface area contributed by atoms with Gasteiger partial charge in [-0.25, -0.2) is 4.98 Å². The molecule has 25 heavy (non-hydrogen) atoms. The predicted octanol–water partition coefficient (Wildman–Crippen LogP) is 3.48. The summed E-state index contributed by atoms with van der Waals surface area (Å²) in [6.07, 6.45) is 1.18. The number of nitro groups is 1. The van der Waals surface area contributed by atoms with Crippen LogP contribution in [-0.2, 0) is 4.79 Å². The van der Waals surface area contributed by atoms with E-state index >= 15 is 0 Å². The molecule has 0 bridgehead atoms. The minimum absolute atomic E-state index is 0.00557. The smallest absolute Gasteiger partial charge is 0.271 e. The summed E-state index contributed by atoms with van der Waals surface area (Å²) in [4.78, 5) is 30.2. The van der Waals surface area contributed by atoms with Gasteiger partial charge in [0.25, 0.3) is 5.69 Å². The van der Waals surface area contributed by atoms with Gasteiger partial charge in [-0.15, -0.1) is 0 Å². The molecule has 1 amide bonds. The van der Waals surface area contributed by atoms with Crippen molar-refractivity contribution in [3.05, 3.63) is 70.0 Å². The number of aromatic amines is 1. The minimum Gasteiger partial charge on any atom is -0.342 e. The standard InChI is InChI=1S/C18H18N4O3/c1-2-6-16(23)21-17(12-7-4-3-5-8-12)18-19-14-10-9-13(22(24)25)11-15(14)20-18/h3-5,7-11,17H,2,6H2,1H3,(H,19,20)(H,21,23). The zero-order chi connectivity index (χ0) is 17.8. The number of fused-ring (bicyclic) bond motifs is 1. The lowest BCUT2D eigenvalue weighted by atomic mass is 10.1. The van der Waals surface area contributed by atoms with Gasteiger partial charge >= 0.3 is 0 Å². The first-order valence-corrected chi connectivity index (χ1v) is 8.07. The molecule has 128 valence electrons. The Bertz CT molecular complexity index is 905. The Morgan fingerprint density at radius 3 is 2.72 bits per heavy atom. The number of non-ortho nitro benzene ring substituents is 1. The van der Waals surface area contributed by atoms with Gasteiger partial charge in [0.05, 0.1) is 16.0 Å². The number of amides is 1. The first-order valence-electron chi connectivity index (χ1n) is 8.07. The van der Waals surface area contributed by atoms with Crippen molar-refractivity contribution in [3.8, 4) is 0 Å². The Kier molecular flexibility index (Phi) is 4.74. The van der Waals surface area contributed by atoms with Gasteiger partial charge < -0.3 is 10.3 Å². The molecule has 0 aliphatic rings. The number of H-pyrrole nitrogens is 1. The largest absolute Gasteiger partial charge is 0.342 e. The molecule has 0 saturated carbocycles. The number of carbonyl (C=O) groups excluding carboxylic acids is 1. The fraction of sp³-hybridized carbons (Fsp3) is 0.222. The lowest BCUT2D eigenvalue weighted by Crippen LogP contribution is -2.29. The van der Waals surface area contributed by atoms with Crippen LogP contribution in [0.25, 0.3) is 11.0 Å². The summed E-state index contributed by atoms with van der Waals surface area (Å²) < 4.78 is 0. The van der Waals surface area contributed by atoms with Crippen LogP contribution < -0.4 is 5.32 Å². The molecule has 0 spiro atoms. The van der Waals surface area contributed by atoms with Gasteiger partial charge in [-0.1, -0.05) is 37.3 Å². The third-order valence-electron chi connectivity index (χ3n) is 3.88. The molecule has 0 radical (unpaired) electrons. The fourth-order valence-electron chi connectivity index (χ4n) is 2.68. The Morgan fingerprint density at radius 2 is 2.04 bits per heavy atom. The van der Waals surface area contributed by atoms with Crippen molar-refractivity contribution in [2.45, 2.75) is 25.8 Å². The molecule has 2 N–H and O–H groups in total. The monoisotopic (exact) mass is 338 g/mol. The molecule has 2 aromatic carbocycles. The number of carbonyl (C=O) groups is 1. The Balaban J connectivity index is 2.01. The van der Waals surface area contributed by atoms with Crippen molar-refractivity contribution in [2.75, 3.05) is 0 Å². The topological polar surface area (TPSA) is 101 Å². The number of nitrogens with zero attached hydrogens (tertiary/aromatic N) is 2. The molecule has 3 rings (SSSR count). The van der Waals surface area contributed by atoms with Crippen LogP contribution >= 0.6 is 0 Å².